The highest BCUT2D eigenvalue weighted by Crippen LogP contribution is 2.36. The van der Waals surface area contributed by atoms with E-state index in [2.05, 4.69) is 24.4 Å². The summed E-state index contributed by atoms with van der Waals surface area (Å²) in [5, 5.41) is 0. The number of phosphoric acid groups is 1. The predicted molar refractivity (Wildman–Crippen MR) is 198 cm³/mol. The molecule has 0 aromatic rings. The van der Waals surface area contributed by atoms with E-state index < -0.39 is 32.5 Å². The molecule has 0 amide bonds. The molecule has 9 nitrogen and oxygen atoms in total. The second kappa shape index (κ2) is 34.6. The Bertz CT molecular complexity index is 912. The van der Waals surface area contributed by atoms with Crippen molar-refractivity contribution in [3.8, 4) is 0 Å². The van der Waals surface area contributed by atoms with Crippen LogP contribution >= 0.6 is 7.82 Å². The molecule has 0 saturated heterocycles. The van der Waals surface area contributed by atoms with Crippen LogP contribution in [0.3, 0.4) is 0 Å². The summed E-state index contributed by atoms with van der Waals surface area (Å²) in [6, 6.07) is 0. The monoisotopic (exact) mass is 714 g/mol. The summed E-state index contributed by atoms with van der Waals surface area (Å²) in [6.45, 7) is 3.53. The van der Waals surface area contributed by atoms with Gasteiger partial charge in [0.25, 0.3) is 0 Å². The van der Waals surface area contributed by atoms with Gasteiger partial charge >= 0.3 is 19.8 Å². The summed E-state index contributed by atoms with van der Waals surface area (Å²) < 4.78 is 26.3. The lowest BCUT2D eigenvalue weighted by atomic mass is 10.0. The van der Waals surface area contributed by atoms with Crippen LogP contribution in [0.1, 0.15) is 187 Å². The van der Waals surface area contributed by atoms with Gasteiger partial charge in [-0.1, -0.05) is 154 Å². The summed E-state index contributed by atoms with van der Waals surface area (Å²) in [7, 11) is -4.78. The van der Waals surface area contributed by atoms with Crippen molar-refractivity contribution in [3.63, 3.8) is 0 Å². The lowest BCUT2D eigenvalue weighted by molar-refractivity contribution is -0.161. The van der Waals surface area contributed by atoms with Gasteiger partial charge in [0.15, 0.2) is 11.9 Å². The van der Waals surface area contributed by atoms with E-state index in [0.717, 1.165) is 44.9 Å². The number of ether oxygens (including phenoxy) is 2. The van der Waals surface area contributed by atoms with Gasteiger partial charge in [-0.15, -0.1) is 0 Å². The molecule has 0 aromatic carbocycles. The van der Waals surface area contributed by atoms with Gasteiger partial charge in [-0.3, -0.25) is 18.9 Å². The van der Waals surface area contributed by atoms with E-state index in [9.17, 15) is 18.9 Å². The van der Waals surface area contributed by atoms with Crippen molar-refractivity contribution >= 4 is 25.5 Å². The molecule has 0 fully saturated rings. The minimum absolute atomic E-state index is 0.112. The maximum absolute atomic E-state index is 12.4. The van der Waals surface area contributed by atoms with Crippen LogP contribution in [-0.4, -0.2) is 46.8 Å². The molecule has 0 saturated carbocycles. The highest BCUT2D eigenvalue weighted by Gasteiger charge is 2.22. The molecule has 0 rings (SSSR count). The van der Waals surface area contributed by atoms with E-state index in [0.29, 0.717) is 19.3 Å². The van der Waals surface area contributed by atoms with Crippen molar-refractivity contribution < 1.29 is 42.7 Å². The van der Waals surface area contributed by atoms with Crippen molar-refractivity contribution in [2.45, 2.75) is 193 Å². The van der Waals surface area contributed by atoms with E-state index in [-0.39, 0.29) is 25.2 Å². The molecular weight excluding hydrogens is 643 g/mol. The molecule has 49 heavy (non-hydrogen) atoms. The summed E-state index contributed by atoms with van der Waals surface area (Å²) in [5.74, 6) is -0.860. The second-order valence-corrected chi connectivity index (χ2v) is 14.5. The normalized spacial score (nSPS) is 12.6. The first kappa shape index (κ1) is 47.2. The lowest BCUT2D eigenvalue weighted by Crippen LogP contribution is -2.29. The Morgan fingerprint density at radius 1 is 0.571 bits per heavy atom. The van der Waals surface area contributed by atoms with Crippen molar-refractivity contribution in [2.24, 2.45) is 0 Å². The third kappa shape index (κ3) is 37.3. The maximum Gasteiger partial charge on any atom is 0.469 e. The smallest absolute Gasteiger partial charge is 0.462 e. The molecular formula is C39H71O9P. The van der Waals surface area contributed by atoms with E-state index in [1.807, 2.05) is 6.08 Å². The summed E-state index contributed by atoms with van der Waals surface area (Å²) in [4.78, 5) is 54.7. The number of rotatable bonds is 36. The largest absolute Gasteiger partial charge is 0.469 e. The van der Waals surface area contributed by atoms with Crippen LogP contribution in [0.5, 0.6) is 0 Å². The molecule has 0 aromatic heterocycles. The van der Waals surface area contributed by atoms with Gasteiger partial charge in [0.2, 0.25) is 0 Å². The highest BCUT2D eigenvalue weighted by atomic mass is 31.2. The highest BCUT2D eigenvalue weighted by molar-refractivity contribution is 7.46. The Morgan fingerprint density at radius 2 is 1.02 bits per heavy atom. The lowest BCUT2D eigenvalue weighted by Gasteiger charge is -2.18. The number of allylic oxidation sites excluding steroid dienone is 4. The Balaban J connectivity index is 4.02. The van der Waals surface area contributed by atoms with Crippen molar-refractivity contribution in [1.29, 1.82) is 0 Å². The van der Waals surface area contributed by atoms with Gasteiger partial charge in [-0.25, -0.2) is 4.57 Å². The maximum atomic E-state index is 12.4. The van der Waals surface area contributed by atoms with E-state index >= 15 is 0 Å². The first-order chi connectivity index (χ1) is 23.7. The zero-order valence-corrected chi connectivity index (χ0v) is 32.0. The molecule has 0 heterocycles. The van der Waals surface area contributed by atoms with Crippen molar-refractivity contribution in [1.82, 2.24) is 0 Å². The number of unbranched alkanes of at least 4 members (excludes halogenated alkanes) is 21. The van der Waals surface area contributed by atoms with Crippen molar-refractivity contribution in [3.05, 3.63) is 24.3 Å². The Hall–Kier alpha value is -1.80. The Labute approximate surface area is 298 Å². The minimum atomic E-state index is -4.78. The van der Waals surface area contributed by atoms with Crippen molar-refractivity contribution in [2.75, 3.05) is 13.2 Å². The van der Waals surface area contributed by atoms with Crippen LogP contribution in [0.4, 0.5) is 0 Å². The number of carbonyl (C=O) groups is 3. The fourth-order valence-electron chi connectivity index (χ4n) is 5.47. The third-order valence-electron chi connectivity index (χ3n) is 8.45. The average Bonchev–Trinajstić information content (AvgIpc) is 3.06. The summed E-state index contributed by atoms with van der Waals surface area (Å²) in [5.41, 5.74) is 0. The number of hydrogen-bond donors (Lipinski definition) is 2. The number of carbonyl (C=O) groups excluding carboxylic acids is 3. The van der Waals surface area contributed by atoms with E-state index in [1.165, 1.54) is 96.3 Å². The first-order valence-corrected chi connectivity index (χ1v) is 21.1. The number of hydrogen-bond acceptors (Lipinski definition) is 7. The zero-order chi connectivity index (χ0) is 36.3. The average molecular weight is 715 g/mol. The molecule has 286 valence electrons. The molecule has 0 unspecified atom stereocenters. The van der Waals surface area contributed by atoms with E-state index in [4.69, 9.17) is 19.3 Å². The van der Waals surface area contributed by atoms with E-state index in [1.54, 1.807) is 12.2 Å². The van der Waals surface area contributed by atoms with Gasteiger partial charge in [-0.05, 0) is 38.2 Å². The predicted octanol–water partition coefficient (Wildman–Crippen LogP) is 10.8. The van der Waals surface area contributed by atoms with Crippen LogP contribution < -0.4 is 0 Å². The van der Waals surface area contributed by atoms with Gasteiger partial charge < -0.3 is 19.3 Å². The van der Waals surface area contributed by atoms with Gasteiger partial charge in [0.05, 0.1) is 6.61 Å². The van der Waals surface area contributed by atoms with Crippen LogP contribution in [0, 0.1) is 0 Å². The first-order valence-electron chi connectivity index (χ1n) is 19.6. The SMILES string of the molecule is CCCCC/C=C\C=C\C(=O)CCCCCCCC(=O)O[C@H](COC(=O)CCCCCCCCCCCCCCCCC)COP(=O)(O)O. The van der Waals surface area contributed by atoms with Gasteiger partial charge in [0.1, 0.15) is 6.61 Å². The van der Waals surface area contributed by atoms with Gasteiger partial charge in [-0.2, -0.15) is 0 Å². The van der Waals surface area contributed by atoms with Crippen LogP contribution in [0.2, 0.25) is 0 Å². The quantitative estimate of drug-likeness (QED) is 0.0213. The Kier molecular flexibility index (Phi) is 33.4. The molecule has 0 bridgehead atoms. The molecule has 1 atom stereocenters. The molecule has 0 radical (unpaired) electrons. The van der Waals surface area contributed by atoms with Crippen LogP contribution in [-0.2, 0) is 32.9 Å². The molecule has 10 heteroatoms. The molecule has 2 N–H and O–H groups in total. The molecule has 0 aliphatic rings. The topological polar surface area (TPSA) is 136 Å². The van der Waals surface area contributed by atoms with Crippen LogP contribution in [0.25, 0.3) is 0 Å². The standard InChI is InChI=1S/C39H71O9P/c1-3-5-7-9-11-12-13-14-15-16-17-18-20-24-28-32-38(41)46-34-37(35-47-49(43,44)45)48-39(42)33-29-25-21-23-27-31-36(40)30-26-22-19-10-8-6-4-2/h19,22,26,30,37H,3-18,20-21,23-25,27-29,31-35H2,1-2H3,(H2,43,44,45)/b22-19-,30-26+/t37-/m1/s1. The molecule has 0 spiro atoms. The van der Waals surface area contributed by atoms with Gasteiger partial charge in [0, 0.05) is 19.3 Å². The molecule has 0 aliphatic carbocycles. The third-order valence-corrected chi connectivity index (χ3v) is 8.93. The minimum Gasteiger partial charge on any atom is -0.462 e. The summed E-state index contributed by atoms with van der Waals surface area (Å²) >= 11 is 0. The number of ketones is 1. The molecule has 0 aliphatic heterocycles. The fraction of sp³-hybridized carbons (Fsp3) is 0.821. The van der Waals surface area contributed by atoms with Crippen LogP contribution in [0.15, 0.2) is 24.3 Å². The fourth-order valence-corrected chi connectivity index (χ4v) is 5.83. The summed E-state index contributed by atoms with van der Waals surface area (Å²) in [6.07, 6.45) is 34.3. The Morgan fingerprint density at radius 3 is 1.53 bits per heavy atom. The zero-order valence-electron chi connectivity index (χ0n) is 31.1. The second-order valence-electron chi connectivity index (χ2n) is 13.3. The number of esters is 2. The number of phosphoric ester groups is 1.